The maximum Gasteiger partial charge on any atom is 0.245 e. The normalized spacial score (nSPS) is 11.8. The molecule has 0 saturated heterocycles. The van der Waals surface area contributed by atoms with Crippen molar-refractivity contribution >= 4 is 21.6 Å². The van der Waals surface area contributed by atoms with Gasteiger partial charge in [0, 0.05) is 18.3 Å². The number of hydrogen-bond acceptors (Lipinski definition) is 4. The molecule has 2 aromatic heterocycles. The average Bonchev–Trinajstić information content (AvgIpc) is 3.10. The van der Waals surface area contributed by atoms with Crippen LogP contribution < -0.4 is 0 Å². The summed E-state index contributed by atoms with van der Waals surface area (Å²) in [5.41, 5.74) is 0.263. The lowest BCUT2D eigenvalue weighted by atomic mass is 10.2. The van der Waals surface area contributed by atoms with Crippen molar-refractivity contribution in [3.05, 3.63) is 83.3 Å². The molecule has 3 aromatic rings. The van der Waals surface area contributed by atoms with E-state index in [0.29, 0.717) is 5.76 Å². The van der Waals surface area contributed by atoms with Crippen LogP contribution in [0.2, 0.25) is 5.15 Å². The highest BCUT2D eigenvalue weighted by molar-refractivity contribution is 7.89. The van der Waals surface area contributed by atoms with E-state index in [4.69, 9.17) is 16.0 Å². The Hall–Kier alpha value is -2.22. The van der Waals surface area contributed by atoms with Crippen molar-refractivity contribution in [1.29, 1.82) is 0 Å². The van der Waals surface area contributed by atoms with Crippen LogP contribution in [-0.4, -0.2) is 17.7 Å². The predicted molar refractivity (Wildman–Crippen MR) is 90.8 cm³/mol. The molecule has 0 unspecified atom stereocenters. The van der Waals surface area contributed by atoms with Crippen LogP contribution in [0, 0.1) is 5.82 Å². The fraction of sp³-hybridized carbons (Fsp3) is 0.118. The molecule has 5 nitrogen and oxygen atoms in total. The Bertz CT molecular complexity index is 944. The van der Waals surface area contributed by atoms with E-state index in [-0.39, 0.29) is 28.7 Å². The first-order chi connectivity index (χ1) is 12.0. The van der Waals surface area contributed by atoms with E-state index in [1.165, 1.54) is 30.7 Å². The van der Waals surface area contributed by atoms with Crippen molar-refractivity contribution in [2.45, 2.75) is 18.0 Å². The fourth-order valence-electron chi connectivity index (χ4n) is 2.28. The summed E-state index contributed by atoms with van der Waals surface area (Å²) < 4.78 is 46.3. The summed E-state index contributed by atoms with van der Waals surface area (Å²) in [6.45, 7) is -0.176. The summed E-state index contributed by atoms with van der Waals surface area (Å²) in [6.07, 6.45) is 2.63. The summed E-state index contributed by atoms with van der Waals surface area (Å²) in [7, 11) is -3.92. The van der Waals surface area contributed by atoms with Crippen molar-refractivity contribution in [2.24, 2.45) is 0 Å². The highest BCUT2D eigenvalue weighted by Gasteiger charge is 2.27. The minimum absolute atomic E-state index is 0.0280. The lowest BCUT2D eigenvalue weighted by Crippen LogP contribution is -2.30. The molecule has 1 aromatic carbocycles. The third-order valence-corrected chi connectivity index (χ3v) is 5.55. The first kappa shape index (κ1) is 17.6. The average molecular weight is 381 g/mol. The smallest absolute Gasteiger partial charge is 0.245 e. The molecule has 0 saturated carbocycles. The van der Waals surface area contributed by atoms with Gasteiger partial charge in [0.15, 0.2) is 0 Å². The molecule has 0 spiro atoms. The van der Waals surface area contributed by atoms with Gasteiger partial charge in [-0.25, -0.2) is 17.8 Å². The summed E-state index contributed by atoms with van der Waals surface area (Å²) in [5, 5.41) is 0.186. The Morgan fingerprint density at radius 3 is 2.52 bits per heavy atom. The van der Waals surface area contributed by atoms with Gasteiger partial charge in [0.2, 0.25) is 10.0 Å². The number of hydrogen-bond donors (Lipinski definition) is 0. The van der Waals surface area contributed by atoms with Crippen LogP contribution in [0.15, 0.2) is 70.3 Å². The molecule has 0 amide bonds. The molecule has 3 rings (SSSR count). The number of aromatic nitrogens is 1. The molecule has 0 atom stereocenters. The van der Waals surface area contributed by atoms with Crippen LogP contribution in [-0.2, 0) is 23.1 Å². The van der Waals surface area contributed by atoms with Gasteiger partial charge in [0.1, 0.15) is 21.6 Å². The van der Waals surface area contributed by atoms with E-state index in [1.807, 2.05) is 0 Å². The van der Waals surface area contributed by atoms with Gasteiger partial charge >= 0.3 is 0 Å². The molecule has 25 heavy (non-hydrogen) atoms. The van der Waals surface area contributed by atoms with Gasteiger partial charge in [-0.1, -0.05) is 29.8 Å². The Morgan fingerprint density at radius 1 is 1.08 bits per heavy atom. The second kappa shape index (κ2) is 7.35. The van der Waals surface area contributed by atoms with Gasteiger partial charge in [0.25, 0.3) is 0 Å². The zero-order valence-corrected chi connectivity index (χ0v) is 14.5. The topological polar surface area (TPSA) is 63.4 Å². The van der Waals surface area contributed by atoms with E-state index < -0.39 is 15.8 Å². The number of halogens is 2. The van der Waals surface area contributed by atoms with Gasteiger partial charge in [-0.05, 0) is 30.3 Å². The second-order valence-corrected chi connectivity index (χ2v) is 7.59. The van der Waals surface area contributed by atoms with Crippen molar-refractivity contribution in [3.63, 3.8) is 0 Å². The number of benzene rings is 1. The Morgan fingerprint density at radius 2 is 1.88 bits per heavy atom. The highest BCUT2D eigenvalue weighted by Crippen LogP contribution is 2.22. The van der Waals surface area contributed by atoms with Gasteiger partial charge in [0.05, 0.1) is 12.8 Å². The molecule has 0 bridgehead atoms. The number of sulfonamides is 1. The highest BCUT2D eigenvalue weighted by atomic mass is 35.5. The molecule has 0 aliphatic heterocycles. The lowest BCUT2D eigenvalue weighted by molar-refractivity contribution is 0.354. The summed E-state index contributed by atoms with van der Waals surface area (Å²) >= 11 is 5.72. The van der Waals surface area contributed by atoms with Crippen LogP contribution in [0.1, 0.15) is 11.3 Å². The Labute approximate surface area is 149 Å². The van der Waals surface area contributed by atoms with Crippen LogP contribution in [0.4, 0.5) is 4.39 Å². The SMILES string of the molecule is O=S(=O)(c1ccc(Cl)nc1)N(Cc1ccco1)Cc1ccccc1F. The van der Waals surface area contributed by atoms with Crippen molar-refractivity contribution in [1.82, 2.24) is 9.29 Å². The zero-order valence-electron chi connectivity index (χ0n) is 13.0. The third kappa shape index (κ3) is 4.07. The van der Waals surface area contributed by atoms with Gasteiger partial charge in [-0.3, -0.25) is 0 Å². The van der Waals surface area contributed by atoms with Gasteiger partial charge in [-0.15, -0.1) is 0 Å². The molecule has 0 N–H and O–H groups in total. The monoisotopic (exact) mass is 380 g/mol. The number of nitrogens with zero attached hydrogens (tertiary/aromatic N) is 2. The van der Waals surface area contributed by atoms with Crippen LogP contribution in [0.5, 0.6) is 0 Å². The fourth-order valence-corrected chi connectivity index (χ4v) is 3.72. The van der Waals surface area contributed by atoms with E-state index in [0.717, 1.165) is 4.31 Å². The predicted octanol–water partition coefficient (Wildman–Crippen LogP) is 3.86. The zero-order chi connectivity index (χ0) is 17.9. The molecule has 8 heteroatoms. The Balaban J connectivity index is 1.97. The van der Waals surface area contributed by atoms with Crippen LogP contribution in [0.25, 0.3) is 0 Å². The largest absolute Gasteiger partial charge is 0.468 e. The van der Waals surface area contributed by atoms with Gasteiger partial charge < -0.3 is 4.42 Å². The molecule has 130 valence electrons. The summed E-state index contributed by atoms with van der Waals surface area (Å²) in [5.74, 6) is -0.0294. The van der Waals surface area contributed by atoms with Crippen molar-refractivity contribution < 1.29 is 17.2 Å². The molecule has 0 radical (unpaired) electrons. The molecule has 2 heterocycles. The maximum atomic E-state index is 14.0. The van der Waals surface area contributed by atoms with Crippen LogP contribution >= 0.6 is 11.6 Å². The van der Waals surface area contributed by atoms with Gasteiger partial charge in [-0.2, -0.15) is 4.31 Å². The first-order valence-corrected chi connectivity index (χ1v) is 9.16. The van der Waals surface area contributed by atoms with E-state index in [9.17, 15) is 12.8 Å². The lowest BCUT2D eigenvalue weighted by Gasteiger charge is -2.21. The van der Waals surface area contributed by atoms with E-state index in [2.05, 4.69) is 4.98 Å². The number of furan rings is 1. The minimum atomic E-state index is -3.92. The molecule has 0 aliphatic carbocycles. The molecular formula is C17H14ClFN2O3S. The van der Waals surface area contributed by atoms with Crippen molar-refractivity contribution in [3.8, 4) is 0 Å². The molecular weight excluding hydrogens is 367 g/mol. The minimum Gasteiger partial charge on any atom is -0.468 e. The third-order valence-electron chi connectivity index (χ3n) is 3.55. The summed E-state index contributed by atoms with van der Waals surface area (Å²) in [6, 6.07) is 12.1. The maximum absolute atomic E-state index is 14.0. The Kier molecular flexibility index (Phi) is 5.17. The molecule has 0 fully saturated rings. The van der Waals surface area contributed by atoms with E-state index in [1.54, 1.807) is 30.3 Å². The molecule has 0 aliphatic rings. The first-order valence-electron chi connectivity index (χ1n) is 7.34. The second-order valence-electron chi connectivity index (χ2n) is 5.26. The number of rotatable bonds is 6. The van der Waals surface area contributed by atoms with E-state index >= 15 is 0 Å². The van der Waals surface area contributed by atoms with Crippen LogP contribution in [0.3, 0.4) is 0 Å². The van der Waals surface area contributed by atoms with Crippen molar-refractivity contribution in [2.75, 3.05) is 0 Å². The standard InChI is InChI=1S/C17H14ClFN2O3S/c18-17-8-7-15(10-20-17)25(22,23)21(12-14-5-3-9-24-14)11-13-4-1-2-6-16(13)19/h1-10H,11-12H2. The quantitative estimate of drug-likeness (QED) is 0.609. The number of pyridine rings is 1. The summed E-state index contributed by atoms with van der Waals surface area (Å²) in [4.78, 5) is 3.78.